The van der Waals surface area contributed by atoms with E-state index in [2.05, 4.69) is 5.32 Å². The summed E-state index contributed by atoms with van der Waals surface area (Å²) in [7, 11) is 3.08. The lowest BCUT2D eigenvalue weighted by Crippen LogP contribution is -2.38. The number of hydrogen-bond donors (Lipinski definition) is 1. The standard InChI is InChI=1S/C23H24N2O6S2/c1-4-31-22(27)12-21-25(14-20(26)24-13-18-6-5-7-32-18)23(28)19(33-21)10-15-8-16(29-2)11-17(9-15)30-3/h5-12H,4,13-14H2,1-3H3,(H,24,26). The van der Waals surface area contributed by atoms with Gasteiger partial charge in [0.15, 0.2) is 0 Å². The number of methoxy groups -OCH3 is 2. The van der Waals surface area contributed by atoms with Crippen molar-refractivity contribution in [3.05, 3.63) is 65.7 Å². The van der Waals surface area contributed by atoms with Crippen LogP contribution in [0, 0.1) is 0 Å². The van der Waals surface area contributed by atoms with E-state index in [0.717, 1.165) is 16.2 Å². The SMILES string of the molecule is CCOC(=O)C=c1sc(=Cc2cc(OC)cc(OC)c2)c(=O)n1CC(=O)NCc1cccs1. The van der Waals surface area contributed by atoms with Crippen LogP contribution in [0.3, 0.4) is 0 Å². The Morgan fingerprint density at radius 3 is 2.48 bits per heavy atom. The normalized spacial score (nSPS) is 12.0. The van der Waals surface area contributed by atoms with E-state index in [1.165, 1.54) is 36.2 Å². The van der Waals surface area contributed by atoms with Crippen LogP contribution in [-0.4, -0.2) is 37.3 Å². The van der Waals surface area contributed by atoms with Gasteiger partial charge in [0.25, 0.3) is 5.56 Å². The number of nitrogens with one attached hydrogen (secondary N) is 1. The fraction of sp³-hybridized carbons (Fsp3) is 0.261. The summed E-state index contributed by atoms with van der Waals surface area (Å²) in [6.45, 7) is 2.05. The number of benzene rings is 1. The third-order valence-corrected chi connectivity index (χ3v) is 6.41. The maximum absolute atomic E-state index is 13.1. The summed E-state index contributed by atoms with van der Waals surface area (Å²) in [5.41, 5.74) is 0.296. The molecule has 174 valence electrons. The van der Waals surface area contributed by atoms with Crippen molar-refractivity contribution in [1.29, 1.82) is 0 Å². The second-order valence-corrected chi connectivity index (χ2v) is 8.83. The molecular weight excluding hydrogens is 464 g/mol. The fourth-order valence-electron chi connectivity index (χ4n) is 2.94. The highest BCUT2D eigenvalue weighted by atomic mass is 32.1. The van der Waals surface area contributed by atoms with Crippen molar-refractivity contribution in [2.45, 2.75) is 20.0 Å². The minimum Gasteiger partial charge on any atom is -0.497 e. The Hall–Kier alpha value is -3.37. The minimum atomic E-state index is -0.582. The van der Waals surface area contributed by atoms with E-state index in [-0.39, 0.29) is 24.6 Å². The predicted octanol–water partition coefficient (Wildman–Crippen LogP) is 1.48. The average molecular weight is 489 g/mol. The number of carbonyl (C=O) groups is 2. The van der Waals surface area contributed by atoms with Crippen LogP contribution in [0.5, 0.6) is 11.5 Å². The van der Waals surface area contributed by atoms with Gasteiger partial charge in [0.1, 0.15) is 22.7 Å². The molecule has 1 aromatic carbocycles. The second-order valence-electron chi connectivity index (χ2n) is 6.74. The number of hydrogen-bond acceptors (Lipinski definition) is 8. The van der Waals surface area contributed by atoms with Crippen LogP contribution in [0.25, 0.3) is 12.2 Å². The minimum absolute atomic E-state index is 0.203. The van der Waals surface area contributed by atoms with Crippen molar-refractivity contribution in [2.24, 2.45) is 0 Å². The number of nitrogens with zero attached hydrogens (tertiary/aromatic N) is 1. The molecular formula is C23H24N2O6S2. The van der Waals surface area contributed by atoms with Crippen molar-refractivity contribution in [3.8, 4) is 11.5 Å². The Morgan fingerprint density at radius 2 is 1.88 bits per heavy atom. The fourth-order valence-corrected chi connectivity index (χ4v) is 4.62. The van der Waals surface area contributed by atoms with Gasteiger partial charge in [-0.15, -0.1) is 22.7 Å². The lowest BCUT2D eigenvalue weighted by molar-refractivity contribution is -0.135. The van der Waals surface area contributed by atoms with E-state index in [9.17, 15) is 14.4 Å². The maximum Gasteiger partial charge on any atom is 0.333 e. The topological polar surface area (TPSA) is 95.9 Å². The van der Waals surface area contributed by atoms with E-state index in [1.807, 2.05) is 17.5 Å². The van der Waals surface area contributed by atoms with Gasteiger partial charge in [-0.2, -0.15) is 0 Å². The molecule has 0 bridgehead atoms. The molecule has 1 N–H and O–H groups in total. The van der Waals surface area contributed by atoms with Gasteiger partial charge in [0.2, 0.25) is 5.91 Å². The number of ether oxygens (including phenoxy) is 3. The van der Waals surface area contributed by atoms with Crippen LogP contribution in [0.2, 0.25) is 0 Å². The Bertz CT molecular complexity index is 1270. The largest absolute Gasteiger partial charge is 0.497 e. The maximum atomic E-state index is 13.1. The quantitative estimate of drug-likeness (QED) is 0.459. The molecule has 0 saturated carbocycles. The summed E-state index contributed by atoms with van der Waals surface area (Å²) >= 11 is 2.63. The lowest BCUT2D eigenvalue weighted by Gasteiger charge is -2.05. The highest BCUT2D eigenvalue weighted by Crippen LogP contribution is 2.22. The summed E-state index contributed by atoms with van der Waals surface area (Å²) < 4.78 is 17.5. The molecule has 8 nitrogen and oxygen atoms in total. The highest BCUT2D eigenvalue weighted by molar-refractivity contribution is 7.09. The molecule has 3 rings (SSSR count). The number of carbonyl (C=O) groups excluding carboxylic acids is 2. The monoisotopic (exact) mass is 488 g/mol. The Balaban J connectivity index is 2.00. The van der Waals surface area contributed by atoms with E-state index >= 15 is 0 Å². The number of rotatable bonds is 9. The molecule has 1 amide bonds. The van der Waals surface area contributed by atoms with E-state index in [0.29, 0.717) is 32.8 Å². The number of amides is 1. The van der Waals surface area contributed by atoms with Crippen LogP contribution in [0.15, 0.2) is 40.5 Å². The van der Waals surface area contributed by atoms with Gasteiger partial charge in [-0.25, -0.2) is 4.79 Å². The molecule has 3 aromatic rings. The number of esters is 1. The van der Waals surface area contributed by atoms with Gasteiger partial charge in [0.05, 0.1) is 38.0 Å². The number of thiazole rings is 1. The Morgan fingerprint density at radius 1 is 1.15 bits per heavy atom. The molecule has 0 radical (unpaired) electrons. The van der Waals surface area contributed by atoms with Crippen LogP contribution in [0.4, 0.5) is 0 Å². The third kappa shape index (κ3) is 6.56. The summed E-state index contributed by atoms with van der Waals surface area (Å²) in [5, 5.41) is 4.72. The van der Waals surface area contributed by atoms with Crippen LogP contribution >= 0.6 is 22.7 Å². The van der Waals surface area contributed by atoms with Crippen LogP contribution in [-0.2, 0) is 27.4 Å². The van der Waals surface area contributed by atoms with Crippen LogP contribution in [0.1, 0.15) is 17.4 Å². The highest BCUT2D eigenvalue weighted by Gasteiger charge is 2.12. The van der Waals surface area contributed by atoms with Gasteiger partial charge < -0.3 is 19.5 Å². The van der Waals surface area contributed by atoms with Crippen molar-refractivity contribution >= 4 is 46.7 Å². The molecule has 0 saturated heterocycles. The van der Waals surface area contributed by atoms with Gasteiger partial charge in [-0.3, -0.25) is 14.2 Å². The molecule has 0 aliphatic heterocycles. The molecule has 0 aliphatic rings. The predicted molar refractivity (Wildman–Crippen MR) is 128 cm³/mol. The van der Waals surface area contributed by atoms with E-state index < -0.39 is 5.97 Å². The van der Waals surface area contributed by atoms with Crippen LogP contribution < -0.4 is 29.5 Å². The first kappa shape index (κ1) is 24.3. The summed E-state index contributed by atoms with van der Waals surface area (Å²) in [6.07, 6.45) is 2.90. The van der Waals surface area contributed by atoms with Crippen molar-refractivity contribution in [1.82, 2.24) is 9.88 Å². The molecule has 0 unspecified atom stereocenters. The van der Waals surface area contributed by atoms with Gasteiger partial charge >= 0.3 is 5.97 Å². The van der Waals surface area contributed by atoms with Gasteiger partial charge in [-0.05, 0) is 42.1 Å². The first-order valence-corrected chi connectivity index (χ1v) is 11.7. The second kappa shape index (κ2) is 11.5. The zero-order chi connectivity index (χ0) is 23.8. The van der Waals surface area contributed by atoms with Crippen molar-refractivity contribution in [3.63, 3.8) is 0 Å². The van der Waals surface area contributed by atoms with Crippen molar-refractivity contribution < 1.29 is 23.8 Å². The molecule has 10 heteroatoms. The molecule has 0 aliphatic carbocycles. The van der Waals surface area contributed by atoms with Gasteiger partial charge in [0, 0.05) is 10.9 Å². The third-order valence-electron chi connectivity index (χ3n) is 4.48. The van der Waals surface area contributed by atoms with Gasteiger partial charge in [-0.1, -0.05) is 6.07 Å². The smallest absolute Gasteiger partial charge is 0.333 e. The molecule has 0 fully saturated rings. The first-order chi connectivity index (χ1) is 15.9. The molecule has 33 heavy (non-hydrogen) atoms. The van der Waals surface area contributed by atoms with E-state index in [1.54, 1.807) is 31.2 Å². The summed E-state index contributed by atoms with van der Waals surface area (Å²) in [6, 6.07) is 9.06. The molecule has 2 aromatic heterocycles. The number of aromatic nitrogens is 1. The number of thiophene rings is 1. The zero-order valence-corrected chi connectivity index (χ0v) is 20.1. The van der Waals surface area contributed by atoms with Crippen molar-refractivity contribution in [2.75, 3.05) is 20.8 Å². The average Bonchev–Trinajstić information content (AvgIpc) is 3.42. The summed E-state index contributed by atoms with van der Waals surface area (Å²) in [4.78, 5) is 38.7. The van der Waals surface area contributed by atoms with E-state index in [4.69, 9.17) is 14.2 Å². The zero-order valence-electron chi connectivity index (χ0n) is 18.5. The molecule has 0 atom stereocenters. The Kier molecular flexibility index (Phi) is 8.45. The molecule has 2 heterocycles. The first-order valence-electron chi connectivity index (χ1n) is 10.1. The lowest BCUT2D eigenvalue weighted by atomic mass is 10.2. The molecule has 0 spiro atoms. The summed E-state index contributed by atoms with van der Waals surface area (Å²) in [5.74, 6) is 0.227. The Labute approximate surface area is 198 Å².